The maximum Gasteiger partial charge on any atom is 0.247 e. The Morgan fingerprint density at radius 1 is 1.67 bits per heavy atom. The van der Waals surface area contributed by atoms with Crippen LogP contribution in [0.4, 0.5) is 0 Å². The van der Waals surface area contributed by atoms with E-state index in [1.165, 1.54) is 0 Å². The number of allylic oxidation sites excluding steroid dienone is 1. The van der Waals surface area contributed by atoms with E-state index in [-0.39, 0.29) is 11.8 Å². The highest BCUT2D eigenvalue weighted by Crippen LogP contribution is 2.08. The summed E-state index contributed by atoms with van der Waals surface area (Å²) >= 11 is 0. The normalized spacial score (nSPS) is 11.1. The molecule has 0 saturated carbocycles. The van der Waals surface area contributed by atoms with E-state index in [2.05, 4.69) is 11.2 Å². The molecule has 0 atom stereocenters. The van der Waals surface area contributed by atoms with Crippen LogP contribution in [0.5, 0.6) is 0 Å². The van der Waals surface area contributed by atoms with Gasteiger partial charge in [-0.25, -0.2) is 0 Å². The molecule has 0 unspecified atom stereocenters. The molecule has 12 heavy (non-hydrogen) atoms. The van der Waals surface area contributed by atoms with Crippen molar-refractivity contribution in [3.63, 3.8) is 0 Å². The van der Waals surface area contributed by atoms with Crippen molar-refractivity contribution in [2.24, 2.45) is 5.92 Å². The topological polar surface area (TPSA) is 29.1 Å². The van der Waals surface area contributed by atoms with Gasteiger partial charge in [0.05, 0.1) is 6.54 Å². The third-order valence-corrected chi connectivity index (χ3v) is 1.55. The standard InChI is InChI=1S/C10H15NO/c1-5-7-11-10(12)9(6-2)8(3)4/h1,6,8H,7H2,2-4H3,(H,11,12)/b9-6+. The van der Waals surface area contributed by atoms with Crippen LogP contribution in [0.25, 0.3) is 0 Å². The lowest BCUT2D eigenvalue weighted by Gasteiger charge is -2.09. The summed E-state index contributed by atoms with van der Waals surface area (Å²) < 4.78 is 0. The molecule has 0 fully saturated rings. The number of amides is 1. The van der Waals surface area contributed by atoms with E-state index in [0.29, 0.717) is 6.54 Å². The molecule has 2 nitrogen and oxygen atoms in total. The molecule has 0 aromatic heterocycles. The molecule has 2 heteroatoms. The van der Waals surface area contributed by atoms with Crippen LogP contribution >= 0.6 is 0 Å². The molecule has 0 aromatic carbocycles. The third-order valence-electron chi connectivity index (χ3n) is 1.55. The summed E-state index contributed by atoms with van der Waals surface area (Å²) in [5.74, 6) is 2.54. The molecule has 0 saturated heterocycles. The fourth-order valence-corrected chi connectivity index (χ4v) is 0.960. The first kappa shape index (κ1) is 10.8. The van der Waals surface area contributed by atoms with E-state index < -0.39 is 0 Å². The van der Waals surface area contributed by atoms with E-state index in [0.717, 1.165) is 5.57 Å². The summed E-state index contributed by atoms with van der Waals surface area (Å²) in [4.78, 5) is 11.3. The maximum atomic E-state index is 11.3. The molecule has 0 spiro atoms. The van der Waals surface area contributed by atoms with Crippen LogP contribution in [-0.2, 0) is 4.79 Å². The van der Waals surface area contributed by atoms with Crippen LogP contribution in [0.1, 0.15) is 20.8 Å². The van der Waals surface area contributed by atoms with Gasteiger partial charge in [-0.2, -0.15) is 0 Å². The first-order valence-corrected chi connectivity index (χ1v) is 4.01. The Hall–Kier alpha value is -1.23. The Kier molecular flexibility index (Phi) is 4.87. The summed E-state index contributed by atoms with van der Waals surface area (Å²) in [6, 6.07) is 0. The van der Waals surface area contributed by atoms with Gasteiger partial charge in [-0.05, 0) is 12.8 Å². The first-order valence-electron chi connectivity index (χ1n) is 4.01. The predicted octanol–water partition coefficient (Wildman–Crippen LogP) is 1.34. The maximum absolute atomic E-state index is 11.3. The molecule has 0 aliphatic carbocycles. The summed E-state index contributed by atoms with van der Waals surface area (Å²) in [7, 11) is 0. The van der Waals surface area contributed by atoms with E-state index in [1.54, 1.807) is 0 Å². The lowest BCUT2D eigenvalue weighted by molar-refractivity contribution is -0.117. The highest BCUT2D eigenvalue weighted by Gasteiger charge is 2.10. The molecule has 0 rings (SSSR count). The van der Waals surface area contributed by atoms with Crippen LogP contribution in [0.3, 0.4) is 0 Å². The van der Waals surface area contributed by atoms with Gasteiger partial charge in [0.2, 0.25) is 5.91 Å². The summed E-state index contributed by atoms with van der Waals surface area (Å²) in [6.45, 7) is 6.10. The second kappa shape index (κ2) is 5.42. The molecule has 0 aliphatic heterocycles. The van der Waals surface area contributed by atoms with Gasteiger partial charge in [0.1, 0.15) is 0 Å². The number of hydrogen-bond acceptors (Lipinski definition) is 1. The second-order valence-corrected chi connectivity index (χ2v) is 2.79. The zero-order valence-corrected chi connectivity index (χ0v) is 7.85. The molecule has 0 heterocycles. The average molecular weight is 165 g/mol. The second-order valence-electron chi connectivity index (χ2n) is 2.79. The van der Waals surface area contributed by atoms with Crippen LogP contribution in [0.2, 0.25) is 0 Å². The lowest BCUT2D eigenvalue weighted by Crippen LogP contribution is -2.27. The number of carbonyl (C=O) groups excluding carboxylic acids is 1. The number of nitrogens with one attached hydrogen (secondary N) is 1. The number of rotatable bonds is 3. The van der Waals surface area contributed by atoms with E-state index >= 15 is 0 Å². The van der Waals surface area contributed by atoms with Gasteiger partial charge < -0.3 is 5.32 Å². The van der Waals surface area contributed by atoms with Crippen LogP contribution in [0.15, 0.2) is 11.6 Å². The van der Waals surface area contributed by atoms with Gasteiger partial charge in [0.25, 0.3) is 0 Å². The van der Waals surface area contributed by atoms with Crippen LogP contribution < -0.4 is 5.32 Å². The molecule has 66 valence electrons. The predicted molar refractivity (Wildman–Crippen MR) is 50.4 cm³/mol. The molecule has 0 aromatic rings. The smallest absolute Gasteiger partial charge is 0.247 e. The highest BCUT2D eigenvalue weighted by molar-refractivity contribution is 5.93. The van der Waals surface area contributed by atoms with Gasteiger partial charge >= 0.3 is 0 Å². The zero-order valence-electron chi connectivity index (χ0n) is 7.85. The Bertz CT molecular complexity index is 220. The molecule has 0 radical (unpaired) electrons. The third kappa shape index (κ3) is 3.25. The van der Waals surface area contributed by atoms with Crippen molar-refractivity contribution in [2.75, 3.05) is 6.54 Å². The summed E-state index contributed by atoms with van der Waals surface area (Å²) in [5.41, 5.74) is 0.783. The first-order chi connectivity index (χ1) is 5.63. The Labute approximate surface area is 74.0 Å². The number of terminal acetylenes is 1. The van der Waals surface area contributed by atoms with Crippen molar-refractivity contribution in [3.8, 4) is 12.3 Å². The van der Waals surface area contributed by atoms with E-state index in [9.17, 15) is 4.79 Å². The fraction of sp³-hybridized carbons (Fsp3) is 0.500. The fourth-order valence-electron chi connectivity index (χ4n) is 0.960. The molecule has 1 N–H and O–H groups in total. The minimum atomic E-state index is -0.0644. The van der Waals surface area contributed by atoms with Crippen molar-refractivity contribution in [3.05, 3.63) is 11.6 Å². The van der Waals surface area contributed by atoms with Gasteiger partial charge in [0.15, 0.2) is 0 Å². The lowest BCUT2D eigenvalue weighted by atomic mass is 10.0. The average Bonchev–Trinajstić information content (AvgIpc) is 2.01. The molecule has 1 amide bonds. The van der Waals surface area contributed by atoms with Crippen LogP contribution in [0, 0.1) is 18.3 Å². The monoisotopic (exact) mass is 165 g/mol. The molecule has 0 aliphatic rings. The van der Waals surface area contributed by atoms with Gasteiger partial charge in [-0.15, -0.1) is 6.42 Å². The van der Waals surface area contributed by atoms with Crippen molar-refractivity contribution < 1.29 is 4.79 Å². The highest BCUT2D eigenvalue weighted by atomic mass is 16.1. The van der Waals surface area contributed by atoms with Crippen molar-refractivity contribution in [1.29, 1.82) is 0 Å². The number of carbonyl (C=O) groups is 1. The zero-order chi connectivity index (χ0) is 9.56. The van der Waals surface area contributed by atoms with Gasteiger partial charge in [-0.1, -0.05) is 25.8 Å². The Balaban J connectivity index is 4.17. The Morgan fingerprint density at radius 2 is 2.25 bits per heavy atom. The summed E-state index contributed by atoms with van der Waals surface area (Å²) in [5, 5.41) is 2.62. The Morgan fingerprint density at radius 3 is 2.58 bits per heavy atom. The van der Waals surface area contributed by atoms with E-state index in [1.807, 2.05) is 26.8 Å². The molecule has 0 bridgehead atoms. The largest absolute Gasteiger partial charge is 0.341 e. The minimum absolute atomic E-state index is 0.0644. The molecular weight excluding hydrogens is 150 g/mol. The van der Waals surface area contributed by atoms with Crippen LogP contribution in [-0.4, -0.2) is 12.5 Å². The minimum Gasteiger partial charge on any atom is -0.341 e. The number of hydrogen-bond donors (Lipinski definition) is 1. The summed E-state index contributed by atoms with van der Waals surface area (Å²) in [6.07, 6.45) is 6.83. The molecular formula is C10H15NO. The SMILES string of the molecule is C#CCNC(=O)/C(=C/C)C(C)C. The van der Waals surface area contributed by atoms with Crippen molar-refractivity contribution in [2.45, 2.75) is 20.8 Å². The van der Waals surface area contributed by atoms with Crippen molar-refractivity contribution in [1.82, 2.24) is 5.32 Å². The quantitative estimate of drug-likeness (QED) is 0.496. The van der Waals surface area contributed by atoms with Gasteiger partial charge in [-0.3, -0.25) is 4.79 Å². The van der Waals surface area contributed by atoms with E-state index in [4.69, 9.17) is 6.42 Å². The van der Waals surface area contributed by atoms with Crippen molar-refractivity contribution >= 4 is 5.91 Å². The van der Waals surface area contributed by atoms with Gasteiger partial charge in [0, 0.05) is 5.57 Å².